The van der Waals surface area contributed by atoms with E-state index in [0.717, 1.165) is 12.1 Å². The zero-order valence-electron chi connectivity index (χ0n) is 14.8. The molecule has 1 aromatic heterocycles. The van der Waals surface area contributed by atoms with Crippen LogP contribution in [0.1, 0.15) is 59.4 Å². The second-order valence-electron chi connectivity index (χ2n) is 7.14. The molecular weight excluding hydrogens is 332 g/mol. The monoisotopic (exact) mass is 354 g/mol. The first-order valence-electron chi connectivity index (χ1n) is 9.07. The molecule has 2 aromatic rings. The molecule has 4 rings (SSSR count). The van der Waals surface area contributed by atoms with Crippen LogP contribution in [0, 0.1) is 12.8 Å². The van der Waals surface area contributed by atoms with Gasteiger partial charge in [0.1, 0.15) is 6.04 Å². The highest BCUT2D eigenvalue weighted by Crippen LogP contribution is 2.37. The first-order chi connectivity index (χ1) is 12.6. The molecule has 0 radical (unpaired) electrons. The number of carbonyl (C=O) groups is 2. The van der Waals surface area contributed by atoms with Crippen molar-refractivity contribution in [2.45, 2.75) is 45.2 Å². The number of likely N-dealkylation sites (tertiary alicyclic amines) is 1. The lowest BCUT2D eigenvalue weighted by molar-refractivity contribution is -0.129. The van der Waals surface area contributed by atoms with Crippen LogP contribution < -0.4 is 5.32 Å². The molecule has 7 nitrogen and oxygen atoms in total. The van der Waals surface area contributed by atoms with Crippen molar-refractivity contribution in [3.8, 4) is 0 Å². The third-order valence-corrected chi connectivity index (χ3v) is 4.94. The third-order valence-electron chi connectivity index (χ3n) is 4.94. The number of carbonyl (C=O) groups excluding carboxylic acids is 2. The second kappa shape index (κ2) is 6.90. The number of nitrogens with zero attached hydrogens (tertiary/aromatic N) is 3. The zero-order chi connectivity index (χ0) is 18.1. The zero-order valence-corrected chi connectivity index (χ0v) is 14.8. The van der Waals surface area contributed by atoms with Crippen LogP contribution in [0.2, 0.25) is 0 Å². The molecule has 0 spiro atoms. The van der Waals surface area contributed by atoms with Gasteiger partial charge in [-0.15, -0.1) is 0 Å². The van der Waals surface area contributed by atoms with Crippen molar-refractivity contribution in [2.75, 3.05) is 6.54 Å². The van der Waals surface area contributed by atoms with E-state index in [-0.39, 0.29) is 24.4 Å². The fraction of sp³-hybridized carbons (Fsp3) is 0.474. The molecule has 2 heterocycles. The van der Waals surface area contributed by atoms with Crippen molar-refractivity contribution < 1.29 is 14.1 Å². The molecule has 1 saturated heterocycles. The van der Waals surface area contributed by atoms with E-state index in [1.807, 2.05) is 30.0 Å². The molecule has 2 aliphatic rings. The van der Waals surface area contributed by atoms with Crippen molar-refractivity contribution in [3.05, 3.63) is 47.1 Å². The van der Waals surface area contributed by atoms with Crippen LogP contribution in [-0.4, -0.2) is 33.4 Å². The smallest absolute Gasteiger partial charge is 0.251 e. The van der Waals surface area contributed by atoms with E-state index in [2.05, 4.69) is 15.5 Å². The van der Waals surface area contributed by atoms with Gasteiger partial charge in [0, 0.05) is 18.5 Å². The molecule has 7 heteroatoms. The third kappa shape index (κ3) is 3.61. The molecular formula is C19H22N4O3. The van der Waals surface area contributed by atoms with Crippen LogP contribution in [0.4, 0.5) is 0 Å². The summed E-state index contributed by atoms with van der Waals surface area (Å²) in [5.74, 6) is 1.50. The summed E-state index contributed by atoms with van der Waals surface area (Å²) in [4.78, 5) is 30.6. The fourth-order valence-corrected chi connectivity index (χ4v) is 3.32. The van der Waals surface area contributed by atoms with Gasteiger partial charge in [-0.2, -0.15) is 4.98 Å². The maximum atomic E-state index is 12.2. The first-order valence-corrected chi connectivity index (χ1v) is 9.07. The Bertz CT molecular complexity index is 828. The van der Waals surface area contributed by atoms with Gasteiger partial charge in [-0.3, -0.25) is 9.59 Å². The molecule has 2 fully saturated rings. The predicted molar refractivity (Wildman–Crippen MR) is 93.1 cm³/mol. The van der Waals surface area contributed by atoms with Crippen LogP contribution in [0.3, 0.4) is 0 Å². The Morgan fingerprint density at radius 3 is 2.96 bits per heavy atom. The minimum atomic E-state index is -0.175. The van der Waals surface area contributed by atoms with E-state index in [0.29, 0.717) is 36.0 Å². The Morgan fingerprint density at radius 2 is 2.19 bits per heavy atom. The van der Waals surface area contributed by atoms with E-state index in [4.69, 9.17) is 4.52 Å². The van der Waals surface area contributed by atoms with Crippen LogP contribution in [0.15, 0.2) is 28.8 Å². The molecule has 0 unspecified atom stereocenters. The number of aromatic nitrogens is 2. The number of amides is 2. The average Bonchev–Trinajstić information content (AvgIpc) is 3.21. The number of hydrogen-bond acceptors (Lipinski definition) is 5. The maximum Gasteiger partial charge on any atom is 0.251 e. The van der Waals surface area contributed by atoms with E-state index >= 15 is 0 Å². The standard InChI is InChI=1S/C19H22N4O3/c1-12-3-2-4-14(9-12)18(25)20-10-16-21-19(26-22-16)15-7-8-17(24)23(15)11-13-5-6-13/h2-4,9,13,15H,5-8,10-11H2,1H3,(H,20,25)/t15-/m0/s1. The summed E-state index contributed by atoms with van der Waals surface area (Å²) in [6, 6.07) is 7.26. The maximum absolute atomic E-state index is 12.2. The quantitative estimate of drug-likeness (QED) is 0.860. The Morgan fingerprint density at radius 1 is 1.35 bits per heavy atom. The van der Waals surface area contributed by atoms with Crippen molar-refractivity contribution in [2.24, 2.45) is 5.92 Å². The average molecular weight is 354 g/mol. The molecule has 1 N–H and O–H groups in total. The normalized spacial score (nSPS) is 19.8. The lowest BCUT2D eigenvalue weighted by Gasteiger charge is -2.21. The molecule has 1 atom stereocenters. The summed E-state index contributed by atoms with van der Waals surface area (Å²) in [6.07, 6.45) is 3.62. The van der Waals surface area contributed by atoms with E-state index in [1.165, 1.54) is 12.8 Å². The molecule has 26 heavy (non-hydrogen) atoms. The molecule has 1 aliphatic carbocycles. The van der Waals surface area contributed by atoms with Gasteiger partial charge in [0.15, 0.2) is 5.82 Å². The summed E-state index contributed by atoms with van der Waals surface area (Å²) in [7, 11) is 0. The van der Waals surface area contributed by atoms with Gasteiger partial charge in [-0.1, -0.05) is 22.9 Å². The van der Waals surface area contributed by atoms with Crippen LogP contribution in [0.25, 0.3) is 0 Å². The van der Waals surface area contributed by atoms with Crippen LogP contribution >= 0.6 is 0 Å². The van der Waals surface area contributed by atoms with Gasteiger partial charge in [0.2, 0.25) is 11.8 Å². The molecule has 0 bridgehead atoms. The highest BCUT2D eigenvalue weighted by molar-refractivity contribution is 5.94. The van der Waals surface area contributed by atoms with Gasteiger partial charge in [0.25, 0.3) is 5.91 Å². The summed E-state index contributed by atoms with van der Waals surface area (Å²) in [6.45, 7) is 2.92. The largest absolute Gasteiger partial charge is 0.345 e. The number of rotatable bonds is 6. The fourth-order valence-electron chi connectivity index (χ4n) is 3.32. The number of hydrogen-bond donors (Lipinski definition) is 1. The lowest BCUT2D eigenvalue weighted by Crippen LogP contribution is -2.30. The second-order valence-corrected chi connectivity index (χ2v) is 7.14. The number of benzene rings is 1. The lowest BCUT2D eigenvalue weighted by atomic mass is 10.1. The molecule has 136 valence electrons. The SMILES string of the molecule is Cc1cccc(C(=O)NCc2noc([C@@H]3CCC(=O)N3CC3CC3)n2)c1. The van der Waals surface area contributed by atoms with Gasteiger partial charge in [0.05, 0.1) is 6.54 Å². The molecule has 2 amide bonds. The van der Waals surface area contributed by atoms with Crippen LogP contribution in [0.5, 0.6) is 0 Å². The Hall–Kier alpha value is -2.70. The summed E-state index contributed by atoms with van der Waals surface area (Å²) in [5, 5.41) is 6.76. The van der Waals surface area contributed by atoms with Gasteiger partial charge in [-0.05, 0) is 44.2 Å². The Labute approximate surface area is 151 Å². The Kier molecular flexibility index (Phi) is 4.44. The molecule has 1 aliphatic heterocycles. The van der Waals surface area contributed by atoms with Crippen LogP contribution in [-0.2, 0) is 11.3 Å². The Balaban J connectivity index is 1.38. The minimum Gasteiger partial charge on any atom is -0.345 e. The highest BCUT2D eigenvalue weighted by Gasteiger charge is 2.38. The van der Waals surface area contributed by atoms with Crippen molar-refractivity contribution in [1.82, 2.24) is 20.4 Å². The van der Waals surface area contributed by atoms with Gasteiger partial charge in [-0.25, -0.2) is 0 Å². The molecule has 1 saturated carbocycles. The minimum absolute atomic E-state index is 0.128. The molecule has 1 aromatic carbocycles. The van der Waals surface area contributed by atoms with E-state index < -0.39 is 0 Å². The van der Waals surface area contributed by atoms with Gasteiger partial charge >= 0.3 is 0 Å². The van der Waals surface area contributed by atoms with Crippen molar-refractivity contribution in [1.29, 1.82) is 0 Å². The first kappa shape index (κ1) is 16.8. The predicted octanol–water partition coefficient (Wildman–Crippen LogP) is 2.38. The van der Waals surface area contributed by atoms with Crippen molar-refractivity contribution >= 4 is 11.8 Å². The number of aryl methyl sites for hydroxylation is 1. The summed E-state index contributed by atoms with van der Waals surface area (Å²) < 4.78 is 5.38. The van der Waals surface area contributed by atoms with Gasteiger partial charge < -0.3 is 14.7 Å². The number of nitrogens with one attached hydrogen (secondary N) is 1. The summed E-state index contributed by atoms with van der Waals surface area (Å²) >= 11 is 0. The summed E-state index contributed by atoms with van der Waals surface area (Å²) in [5.41, 5.74) is 1.63. The topological polar surface area (TPSA) is 88.3 Å². The highest BCUT2D eigenvalue weighted by atomic mass is 16.5. The van der Waals surface area contributed by atoms with Crippen molar-refractivity contribution in [3.63, 3.8) is 0 Å². The van der Waals surface area contributed by atoms with E-state index in [9.17, 15) is 9.59 Å². The van der Waals surface area contributed by atoms with E-state index in [1.54, 1.807) is 6.07 Å².